The van der Waals surface area contributed by atoms with Crippen LogP contribution in [-0.4, -0.2) is 16.1 Å². The van der Waals surface area contributed by atoms with Gasteiger partial charge < -0.3 is 9.97 Å². The summed E-state index contributed by atoms with van der Waals surface area (Å²) in [5.41, 5.74) is 3.86. The number of hydrogen-bond donors (Lipinski definition) is 2. The standard InChI is InChI=1S/C20H13F3N2/c21-20(22,23)10-11-4-3-7-16-19(11)14-8-13-12-5-1-2-6-15(12)24-17(13)9-18(14)25-16/h1-9,24-25H,10H2. The molecule has 2 N–H and O–H groups in total. The molecule has 2 aromatic heterocycles. The van der Waals surface area contributed by atoms with E-state index in [-0.39, 0.29) is 0 Å². The maximum Gasteiger partial charge on any atom is 0.393 e. The first kappa shape index (κ1) is 14.4. The van der Waals surface area contributed by atoms with Crippen molar-refractivity contribution in [1.29, 1.82) is 0 Å². The first-order valence-corrected chi connectivity index (χ1v) is 8.00. The number of benzene rings is 3. The minimum absolute atomic E-state index is 0.301. The van der Waals surface area contributed by atoms with Gasteiger partial charge in [0.2, 0.25) is 0 Å². The fourth-order valence-corrected chi connectivity index (χ4v) is 3.74. The normalized spacial score (nSPS) is 12.8. The highest BCUT2D eigenvalue weighted by atomic mass is 19.4. The van der Waals surface area contributed by atoms with Gasteiger partial charge in [0.15, 0.2) is 0 Å². The summed E-state index contributed by atoms with van der Waals surface area (Å²) in [6.07, 6.45) is -5.16. The van der Waals surface area contributed by atoms with Crippen molar-refractivity contribution >= 4 is 43.6 Å². The quantitative estimate of drug-likeness (QED) is 0.372. The summed E-state index contributed by atoms with van der Waals surface area (Å²) in [5, 5.41) is 3.57. The Labute approximate surface area is 140 Å². The lowest BCUT2D eigenvalue weighted by atomic mass is 10.0. The number of rotatable bonds is 1. The smallest absolute Gasteiger partial charge is 0.354 e. The van der Waals surface area contributed by atoms with Crippen LogP contribution in [0.4, 0.5) is 13.2 Å². The second-order valence-corrected chi connectivity index (χ2v) is 6.37. The molecule has 2 nitrogen and oxygen atoms in total. The van der Waals surface area contributed by atoms with Gasteiger partial charge in [-0.2, -0.15) is 13.2 Å². The minimum atomic E-state index is -4.23. The van der Waals surface area contributed by atoms with E-state index in [0.717, 1.165) is 38.2 Å². The molecule has 0 amide bonds. The number of aromatic amines is 2. The van der Waals surface area contributed by atoms with Crippen LogP contribution in [0, 0.1) is 0 Å². The monoisotopic (exact) mass is 338 g/mol. The zero-order valence-electron chi connectivity index (χ0n) is 13.0. The van der Waals surface area contributed by atoms with Crippen molar-refractivity contribution in [3.8, 4) is 0 Å². The highest BCUT2D eigenvalue weighted by Gasteiger charge is 2.29. The number of halogens is 3. The molecule has 0 radical (unpaired) electrons. The Morgan fingerprint density at radius 2 is 1.40 bits per heavy atom. The molecule has 25 heavy (non-hydrogen) atoms. The number of hydrogen-bond acceptors (Lipinski definition) is 0. The Morgan fingerprint density at radius 3 is 2.24 bits per heavy atom. The van der Waals surface area contributed by atoms with Gasteiger partial charge in [0.1, 0.15) is 0 Å². The summed E-state index contributed by atoms with van der Waals surface area (Å²) in [4.78, 5) is 6.62. The van der Waals surface area contributed by atoms with Crippen LogP contribution in [-0.2, 0) is 6.42 Å². The lowest BCUT2D eigenvalue weighted by Crippen LogP contribution is -2.11. The van der Waals surface area contributed by atoms with Gasteiger partial charge in [0, 0.05) is 43.6 Å². The SMILES string of the molecule is FC(F)(F)Cc1cccc2[nH]c3cc4[nH]c5ccccc5c4cc3c12. The Hall–Kier alpha value is -2.95. The summed E-state index contributed by atoms with van der Waals surface area (Å²) < 4.78 is 38.9. The lowest BCUT2D eigenvalue weighted by molar-refractivity contribution is -0.126. The molecule has 0 spiro atoms. The summed E-state index contributed by atoms with van der Waals surface area (Å²) in [5.74, 6) is 0. The second-order valence-electron chi connectivity index (χ2n) is 6.37. The highest BCUT2D eigenvalue weighted by Crippen LogP contribution is 2.36. The fraction of sp³-hybridized carbons (Fsp3) is 0.100. The summed E-state index contributed by atoms with van der Waals surface area (Å²) in [6, 6.07) is 16.9. The number of fused-ring (bicyclic) bond motifs is 6. The van der Waals surface area contributed by atoms with Gasteiger partial charge in [0.05, 0.1) is 6.42 Å². The largest absolute Gasteiger partial charge is 0.393 e. The average molecular weight is 338 g/mol. The summed E-state index contributed by atoms with van der Waals surface area (Å²) in [7, 11) is 0. The molecule has 0 aliphatic carbocycles. The Morgan fingerprint density at radius 1 is 0.680 bits per heavy atom. The predicted octanol–water partition coefficient (Wildman–Crippen LogP) is 6.06. The predicted molar refractivity (Wildman–Crippen MR) is 94.9 cm³/mol. The van der Waals surface area contributed by atoms with Crippen LogP contribution in [0.3, 0.4) is 0 Å². The number of para-hydroxylation sites is 1. The van der Waals surface area contributed by atoms with Crippen LogP contribution in [0.5, 0.6) is 0 Å². The number of nitrogens with one attached hydrogen (secondary N) is 2. The van der Waals surface area contributed by atoms with E-state index in [1.54, 1.807) is 12.1 Å². The fourth-order valence-electron chi connectivity index (χ4n) is 3.74. The van der Waals surface area contributed by atoms with Gasteiger partial charge >= 0.3 is 6.18 Å². The molecule has 0 unspecified atom stereocenters. The number of aromatic nitrogens is 2. The molecule has 124 valence electrons. The molecule has 0 aliphatic heterocycles. The van der Waals surface area contributed by atoms with Crippen molar-refractivity contribution in [2.75, 3.05) is 0 Å². The van der Waals surface area contributed by atoms with Gasteiger partial charge in [-0.3, -0.25) is 0 Å². The second kappa shape index (κ2) is 4.79. The average Bonchev–Trinajstić information content (AvgIpc) is 3.09. The van der Waals surface area contributed by atoms with Crippen molar-refractivity contribution in [1.82, 2.24) is 9.97 Å². The van der Waals surface area contributed by atoms with E-state index in [1.807, 2.05) is 42.5 Å². The molecule has 5 aromatic rings. The molecular weight excluding hydrogens is 325 g/mol. The van der Waals surface area contributed by atoms with E-state index in [1.165, 1.54) is 0 Å². The van der Waals surface area contributed by atoms with Gasteiger partial charge in [-0.05, 0) is 29.8 Å². The lowest BCUT2D eigenvalue weighted by Gasteiger charge is -2.07. The van der Waals surface area contributed by atoms with Crippen LogP contribution >= 0.6 is 0 Å². The molecule has 0 saturated carbocycles. The van der Waals surface area contributed by atoms with Crippen LogP contribution in [0.1, 0.15) is 5.56 Å². The third-order valence-corrected chi connectivity index (χ3v) is 4.72. The van der Waals surface area contributed by atoms with E-state index in [0.29, 0.717) is 10.9 Å². The van der Waals surface area contributed by atoms with Crippen molar-refractivity contribution in [2.45, 2.75) is 12.6 Å². The van der Waals surface area contributed by atoms with Gasteiger partial charge in [-0.1, -0.05) is 30.3 Å². The third-order valence-electron chi connectivity index (χ3n) is 4.72. The maximum atomic E-state index is 13.0. The molecule has 0 saturated heterocycles. The zero-order valence-corrected chi connectivity index (χ0v) is 13.0. The van der Waals surface area contributed by atoms with E-state index in [4.69, 9.17) is 0 Å². The van der Waals surface area contributed by atoms with Crippen molar-refractivity contribution in [2.24, 2.45) is 0 Å². The van der Waals surface area contributed by atoms with Crippen LogP contribution in [0.2, 0.25) is 0 Å². The van der Waals surface area contributed by atoms with E-state index in [9.17, 15) is 13.2 Å². The first-order valence-electron chi connectivity index (χ1n) is 8.00. The van der Waals surface area contributed by atoms with Crippen molar-refractivity contribution in [3.63, 3.8) is 0 Å². The highest BCUT2D eigenvalue weighted by molar-refractivity contribution is 6.17. The van der Waals surface area contributed by atoms with Crippen LogP contribution < -0.4 is 0 Å². The molecule has 0 fully saturated rings. The molecule has 2 heterocycles. The van der Waals surface area contributed by atoms with Gasteiger partial charge in [-0.25, -0.2) is 0 Å². The molecule has 3 aromatic carbocycles. The number of H-pyrrole nitrogens is 2. The van der Waals surface area contributed by atoms with Gasteiger partial charge in [0.25, 0.3) is 0 Å². The Balaban J connectivity index is 1.89. The molecule has 0 atom stereocenters. The van der Waals surface area contributed by atoms with Crippen molar-refractivity contribution in [3.05, 3.63) is 60.2 Å². The van der Waals surface area contributed by atoms with Crippen LogP contribution in [0.25, 0.3) is 43.6 Å². The zero-order chi connectivity index (χ0) is 17.2. The molecular formula is C20H13F3N2. The van der Waals surface area contributed by atoms with E-state index < -0.39 is 12.6 Å². The van der Waals surface area contributed by atoms with Gasteiger partial charge in [-0.15, -0.1) is 0 Å². The maximum absolute atomic E-state index is 13.0. The Kier molecular flexibility index (Phi) is 2.76. The molecule has 5 heteroatoms. The Bertz CT molecular complexity index is 1260. The van der Waals surface area contributed by atoms with E-state index >= 15 is 0 Å². The first-order chi connectivity index (χ1) is 12.0. The third kappa shape index (κ3) is 2.19. The minimum Gasteiger partial charge on any atom is -0.354 e. The molecule has 0 aliphatic rings. The molecule has 0 bridgehead atoms. The summed E-state index contributed by atoms with van der Waals surface area (Å²) in [6.45, 7) is 0. The van der Waals surface area contributed by atoms with Crippen molar-refractivity contribution < 1.29 is 13.2 Å². The van der Waals surface area contributed by atoms with Crippen LogP contribution in [0.15, 0.2) is 54.6 Å². The molecule has 5 rings (SSSR count). The topological polar surface area (TPSA) is 31.6 Å². The summed E-state index contributed by atoms with van der Waals surface area (Å²) >= 11 is 0. The van der Waals surface area contributed by atoms with E-state index in [2.05, 4.69) is 9.97 Å². The number of alkyl halides is 3.